The number of methoxy groups -OCH3 is 1. The number of hydrogen-bond donors (Lipinski definition) is 1. The maximum absolute atomic E-state index is 13.5. The third-order valence-corrected chi connectivity index (χ3v) is 3.74. The number of carboxylic acids is 1. The summed E-state index contributed by atoms with van der Waals surface area (Å²) >= 11 is 0. The van der Waals surface area contributed by atoms with Gasteiger partial charge in [-0.2, -0.15) is 0 Å². The van der Waals surface area contributed by atoms with E-state index in [1.165, 1.54) is 19.2 Å². The normalized spacial score (nSPS) is 17.8. The van der Waals surface area contributed by atoms with E-state index in [1.807, 2.05) is 0 Å². The number of rotatable bonds is 6. The summed E-state index contributed by atoms with van der Waals surface area (Å²) in [7, 11) is 3.10. The number of benzene rings is 1. The van der Waals surface area contributed by atoms with Crippen LogP contribution in [0.2, 0.25) is 0 Å². The zero-order chi connectivity index (χ0) is 17.7. The molecule has 1 N–H and O–H groups in total. The van der Waals surface area contributed by atoms with Crippen LogP contribution in [-0.4, -0.2) is 79.8 Å². The Bertz CT molecular complexity index is 610. The van der Waals surface area contributed by atoms with E-state index in [1.54, 1.807) is 16.8 Å². The second-order valence-corrected chi connectivity index (χ2v) is 5.68. The first-order chi connectivity index (χ1) is 11.4. The van der Waals surface area contributed by atoms with Gasteiger partial charge in [0.2, 0.25) is 0 Å². The molecule has 1 amide bonds. The fraction of sp³-hybridized carbons (Fsp3) is 0.500. The van der Waals surface area contributed by atoms with E-state index in [-0.39, 0.29) is 24.1 Å². The number of carboxylic acid groups (broad SMARTS) is 1. The maximum atomic E-state index is 13.5. The zero-order valence-corrected chi connectivity index (χ0v) is 13.7. The number of carbonyl (C=O) groups is 2. The number of nitrogens with zero attached hydrogens (tertiary/aromatic N) is 2. The number of morpholine rings is 1. The molecule has 2 rings (SSSR count). The standard InChI is InChI=1S/C16H21FN2O5/c1-18(10-15(20)21)8-12-9-19(5-6-24-12)16(22)13-7-11(17)3-4-14(13)23-2/h3-4,7,12H,5-6,8-10H2,1-2H3,(H,20,21). The van der Waals surface area contributed by atoms with E-state index in [4.69, 9.17) is 14.6 Å². The van der Waals surface area contributed by atoms with Crippen molar-refractivity contribution in [3.05, 3.63) is 29.6 Å². The van der Waals surface area contributed by atoms with Crippen molar-refractivity contribution < 1.29 is 28.6 Å². The van der Waals surface area contributed by atoms with Gasteiger partial charge in [-0.25, -0.2) is 4.39 Å². The van der Waals surface area contributed by atoms with E-state index < -0.39 is 11.8 Å². The number of ether oxygens (including phenoxy) is 2. The Balaban J connectivity index is 2.05. The Hall–Kier alpha value is -2.19. The molecule has 8 heteroatoms. The Kier molecular flexibility index (Phi) is 6.10. The summed E-state index contributed by atoms with van der Waals surface area (Å²) in [6.45, 7) is 1.32. The third kappa shape index (κ3) is 4.65. The highest BCUT2D eigenvalue weighted by Crippen LogP contribution is 2.22. The van der Waals surface area contributed by atoms with Crippen molar-refractivity contribution in [3.63, 3.8) is 0 Å². The summed E-state index contributed by atoms with van der Waals surface area (Å²) in [5, 5.41) is 8.79. The van der Waals surface area contributed by atoms with Gasteiger partial charge in [-0.15, -0.1) is 0 Å². The average Bonchev–Trinajstić information content (AvgIpc) is 2.53. The molecule has 1 aliphatic rings. The lowest BCUT2D eigenvalue weighted by molar-refractivity contribution is -0.138. The molecule has 1 fully saturated rings. The number of halogens is 1. The molecule has 7 nitrogen and oxygen atoms in total. The first-order valence-corrected chi connectivity index (χ1v) is 7.55. The molecule has 1 unspecified atom stereocenters. The quantitative estimate of drug-likeness (QED) is 0.821. The van der Waals surface area contributed by atoms with Gasteiger partial charge in [-0.1, -0.05) is 0 Å². The number of hydrogen-bond acceptors (Lipinski definition) is 5. The first kappa shape index (κ1) is 18.2. The van der Waals surface area contributed by atoms with Crippen molar-refractivity contribution in [1.29, 1.82) is 0 Å². The number of likely N-dealkylation sites (N-methyl/N-ethyl adjacent to an activating group) is 1. The van der Waals surface area contributed by atoms with Crippen LogP contribution in [0.5, 0.6) is 5.75 Å². The molecule has 0 aromatic heterocycles. The molecule has 1 saturated heterocycles. The summed E-state index contributed by atoms with van der Waals surface area (Å²) in [5.41, 5.74) is 0.164. The molecule has 24 heavy (non-hydrogen) atoms. The smallest absolute Gasteiger partial charge is 0.317 e. The van der Waals surface area contributed by atoms with E-state index >= 15 is 0 Å². The summed E-state index contributed by atoms with van der Waals surface area (Å²) in [6.07, 6.45) is -0.299. The second-order valence-electron chi connectivity index (χ2n) is 5.68. The molecule has 0 aliphatic carbocycles. The molecule has 0 saturated carbocycles. The summed E-state index contributed by atoms with van der Waals surface area (Å²) in [4.78, 5) is 26.6. The van der Waals surface area contributed by atoms with E-state index in [0.29, 0.717) is 32.0 Å². The van der Waals surface area contributed by atoms with Crippen LogP contribution in [0.1, 0.15) is 10.4 Å². The molecule has 0 bridgehead atoms. The predicted octanol–water partition coefficient (Wildman–Crippen LogP) is 0.692. The largest absolute Gasteiger partial charge is 0.496 e. The van der Waals surface area contributed by atoms with Crippen LogP contribution in [0.25, 0.3) is 0 Å². The molecule has 1 heterocycles. The van der Waals surface area contributed by atoms with Crippen molar-refractivity contribution in [2.24, 2.45) is 0 Å². The van der Waals surface area contributed by atoms with Crippen LogP contribution in [0.15, 0.2) is 18.2 Å². The zero-order valence-electron chi connectivity index (χ0n) is 13.7. The Morgan fingerprint density at radius 3 is 2.92 bits per heavy atom. The van der Waals surface area contributed by atoms with Gasteiger partial charge < -0.3 is 19.5 Å². The SMILES string of the molecule is COc1ccc(F)cc1C(=O)N1CCOC(CN(C)CC(=O)O)C1. The Morgan fingerprint density at radius 2 is 2.25 bits per heavy atom. The van der Waals surface area contributed by atoms with Gasteiger partial charge in [0.1, 0.15) is 11.6 Å². The second kappa shape index (κ2) is 8.07. The van der Waals surface area contributed by atoms with Gasteiger partial charge in [-0.05, 0) is 25.2 Å². The van der Waals surface area contributed by atoms with E-state index in [0.717, 1.165) is 6.07 Å². The first-order valence-electron chi connectivity index (χ1n) is 7.55. The number of amides is 1. The van der Waals surface area contributed by atoms with Gasteiger partial charge in [0.05, 0.1) is 31.9 Å². The summed E-state index contributed by atoms with van der Waals surface area (Å²) < 4.78 is 24.2. The molecule has 1 aromatic rings. The highest BCUT2D eigenvalue weighted by molar-refractivity contribution is 5.97. The molecule has 0 spiro atoms. The molecule has 1 aromatic carbocycles. The minimum Gasteiger partial charge on any atom is -0.496 e. The molecule has 132 valence electrons. The highest BCUT2D eigenvalue weighted by Gasteiger charge is 2.28. The molecular formula is C16H21FN2O5. The van der Waals surface area contributed by atoms with Gasteiger partial charge >= 0.3 is 5.97 Å². The Labute approximate surface area is 139 Å². The fourth-order valence-corrected chi connectivity index (χ4v) is 2.68. The molecule has 0 radical (unpaired) electrons. The van der Waals surface area contributed by atoms with Crippen LogP contribution >= 0.6 is 0 Å². The monoisotopic (exact) mass is 340 g/mol. The average molecular weight is 340 g/mol. The minimum atomic E-state index is -0.925. The third-order valence-electron chi connectivity index (χ3n) is 3.74. The van der Waals surface area contributed by atoms with E-state index in [9.17, 15) is 14.0 Å². The maximum Gasteiger partial charge on any atom is 0.317 e. The van der Waals surface area contributed by atoms with Crippen LogP contribution in [0.4, 0.5) is 4.39 Å². The molecular weight excluding hydrogens is 319 g/mol. The molecule has 1 atom stereocenters. The van der Waals surface area contributed by atoms with Crippen LogP contribution in [-0.2, 0) is 9.53 Å². The lowest BCUT2D eigenvalue weighted by Gasteiger charge is -2.34. The van der Waals surface area contributed by atoms with Gasteiger partial charge in [0.25, 0.3) is 5.91 Å². The van der Waals surface area contributed by atoms with Crippen molar-refractivity contribution in [2.45, 2.75) is 6.10 Å². The molecule has 1 aliphatic heterocycles. The van der Waals surface area contributed by atoms with Gasteiger partial charge in [-0.3, -0.25) is 14.5 Å². The van der Waals surface area contributed by atoms with Crippen LogP contribution in [0.3, 0.4) is 0 Å². The van der Waals surface area contributed by atoms with Crippen molar-refractivity contribution in [3.8, 4) is 5.75 Å². The fourth-order valence-electron chi connectivity index (χ4n) is 2.68. The highest BCUT2D eigenvalue weighted by atomic mass is 19.1. The Morgan fingerprint density at radius 1 is 1.50 bits per heavy atom. The lowest BCUT2D eigenvalue weighted by atomic mass is 10.1. The number of aliphatic carboxylic acids is 1. The van der Waals surface area contributed by atoms with E-state index in [2.05, 4.69) is 0 Å². The summed E-state index contributed by atoms with van der Waals surface area (Å²) in [6, 6.07) is 3.81. The van der Waals surface area contributed by atoms with Gasteiger partial charge in [0.15, 0.2) is 0 Å². The van der Waals surface area contributed by atoms with Crippen molar-refractivity contribution >= 4 is 11.9 Å². The predicted molar refractivity (Wildman–Crippen MR) is 83.7 cm³/mol. The van der Waals surface area contributed by atoms with Crippen LogP contribution in [0, 0.1) is 5.82 Å². The number of carbonyl (C=O) groups excluding carboxylic acids is 1. The van der Waals surface area contributed by atoms with Crippen molar-refractivity contribution in [2.75, 3.05) is 46.9 Å². The lowest BCUT2D eigenvalue weighted by Crippen LogP contribution is -2.49. The van der Waals surface area contributed by atoms with Crippen molar-refractivity contribution in [1.82, 2.24) is 9.80 Å². The minimum absolute atomic E-state index is 0.106. The summed E-state index contributed by atoms with van der Waals surface area (Å²) in [5.74, 6) is -1.45. The topological polar surface area (TPSA) is 79.3 Å². The van der Waals surface area contributed by atoms with Gasteiger partial charge in [0, 0.05) is 19.6 Å². The van der Waals surface area contributed by atoms with Crippen LogP contribution < -0.4 is 4.74 Å².